The van der Waals surface area contributed by atoms with Gasteiger partial charge >= 0.3 is 0 Å². The molecule has 1 aromatic carbocycles. The summed E-state index contributed by atoms with van der Waals surface area (Å²) in [6, 6.07) is 15.6. The highest BCUT2D eigenvalue weighted by Crippen LogP contribution is 2.33. The fraction of sp³-hybridized carbons (Fsp3) is 0.389. The molecule has 0 amide bonds. The molecule has 1 N–H and O–H groups in total. The number of rotatable bonds is 5. The number of benzene rings is 1. The summed E-state index contributed by atoms with van der Waals surface area (Å²) >= 11 is 0. The Balaban J connectivity index is 1.71. The van der Waals surface area contributed by atoms with Crippen LogP contribution in [0, 0.1) is 0 Å². The Kier molecular flexibility index (Phi) is 4.51. The number of anilines is 1. The van der Waals surface area contributed by atoms with Gasteiger partial charge in [0.05, 0.1) is 0 Å². The number of nitrogens with zero attached hydrogens (tertiary/aromatic N) is 2. The molecule has 0 saturated carbocycles. The third-order valence-electron chi connectivity index (χ3n) is 4.12. The zero-order valence-corrected chi connectivity index (χ0v) is 12.6. The molecule has 0 bridgehead atoms. The molecule has 1 unspecified atom stereocenters. The van der Waals surface area contributed by atoms with E-state index in [1.165, 1.54) is 30.5 Å². The second-order valence-corrected chi connectivity index (χ2v) is 5.62. The van der Waals surface area contributed by atoms with Crippen LogP contribution in [0.1, 0.15) is 36.9 Å². The van der Waals surface area contributed by atoms with Gasteiger partial charge in [0.2, 0.25) is 0 Å². The first kappa shape index (κ1) is 14.1. The minimum Gasteiger partial charge on any atom is -0.370 e. The van der Waals surface area contributed by atoms with Crippen LogP contribution in [-0.4, -0.2) is 23.0 Å². The lowest BCUT2D eigenvalue weighted by molar-refractivity contribution is 0.248. The Morgan fingerprint density at radius 1 is 1.19 bits per heavy atom. The second-order valence-electron chi connectivity index (χ2n) is 5.62. The smallest absolute Gasteiger partial charge is 0.125 e. The first-order valence-corrected chi connectivity index (χ1v) is 7.84. The van der Waals surface area contributed by atoms with E-state index in [1.54, 1.807) is 0 Å². The van der Waals surface area contributed by atoms with Crippen LogP contribution in [0.5, 0.6) is 0 Å². The third-order valence-corrected chi connectivity index (χ3v) is 4.12. The predicted molar refractivity (Wildman–Crippen MR) is 87.2 cm³/mol. The fourth-order valence-electron chi connectivity index (χ4n) is 3.10. The minimum atomic E-state index is 0.508. The van der Waals surface area contributed by atoms with E-state index in [0.717, 1.165) is 18.9 Å². The summed E-state index contributed by atoms with van der Waals surface area (Å²) < 4.78 is 0. The van der Waals surface area contributed by atoms with E-state index >= 15 is 0 Å². The number of likely N-dealkylation sites (tertiary alicyclic amines) is 1. The maximum absolute atomic E-state index is 4.52. The number of hydrogen-bond acceptors (Lipinski definition) is 3. The molecule has 3 heteroatoms. The van der Waals surface area contributed by atoms with Gasteiger partial charge in [0.15, 0.2) is 0 Å². The molecule has 3 rings (SSSR count). The van der Waals surface area contributed by atoms with Gasteiger partial charge in [0.1, 0.15) is 5.82 Å². The highest BCUT2D eigenvalue weighted by atomic mass is 15.2. The second kappa shape index (κ2) is 6.72. The van der Waals surface area contributed by atoms with Crippen LogP contribution in [0.15, 0.2) is 48.7 Å². The molecule has 1 aliphatic rings. The topological polar surface area (TPSA) is 28.2 Å². The molecule has 1 fully saturated rings. The molecule has 21 heavy (non-hydrogen) atoms. The van der Waals surface area contributed by atoms with Gasteiger partial charge in [-0.3, -0.25) is 4.90 Å². The summed E-state index contributed by atoms with van der Waals surface area (Å²) in [5.41, 5.74) is 2.73. The monoisotopic (exact) mass is 281 g/mol. The van der Waals surface area contributed by atoms with E-state index < -0.39 is 0 Å². The fourth-order valence-corrected chi connectivity index (χ4v) is 3.10. The molecular formula is C18H23N3. The van der Waals surface area contributed by atoms with Crippen LogP contribution in [0.3, 0.4) is 0 Å². The van der Waals surface area contributed by atoms with Crippen molar-refractivity contribution in [2.45, 2.75) is 32.4 Å². The van der Waals surface area contributed by atoms with Gasteiger partial charge in [-0.05, 0) is 43.5 Å². The molecule has 1 aromatic heterocycles. The molecule has 0 spiro atoms. The highest BCUT2D eigenvalue weighted by Gasteiger charge is 2.26. The van der Waals surface area contributed by atoms with Crippen molar-refractivity contribution in [3.05, 3.63) is 59.8 Å². The van der Waals surface area contributed by atoms with Crippen LogP contribution in [0.25, 0.3) is 0 Å². The Morgan fingerprint density at radius 3 is 2.76 bits per heavy atom. The summed E-state index contributed by atoms with van der Waals surface area (Å²) in [6.45, 7) is 5.21. The van der Waals surface area contributed by atoms with Crippen LogP contribution in [-0.2, 0) is 6.54 Å². The molecular weight excluding hydrogens is 258 g/mol. The third kappa shape index (κ3) is 3.42. The molecule has 0 radical (unpaired) electrons. The van der Waals surface area contributed by atoms with Gasteiger partial charge in [-0.15, -0.1) is 0 Å². The average Bonchev–Trinajstić information content (AvgIpc) is 2.98. The van der Waals surface area contributed by atoms with Crippen molar-refractivity contribution < 1.29 is 0 Å². The molecule has 0 aliphatic carbocycles. The van der Waals surface area contributed by atoms with Crippen LogP contribution in [0.2, 0.25) is 0 Å². The Hall–Kier alpha value is -1.87. The molecule has 110 valence electrons. The van der Waals surface area contributed by atoms with E-state index in [9.17, 15) is 0 Å². The van der Waals surface area contributed by atoms with Gasteiger partial charge in [-0.1, -0.05) is 36.4 Å². The number of hydrogen-bond donors (Lipinski definition) is 1. The quantitative estimate of drug-likeness (QED) is 0.902. The first-order valence-electron chi connectivity index (χ1n) is 7.84. The molecule has 2 aromatic rings. The van der Waals surface area contributed by atoms with Gasteiger partial charge < -0.3 is 5.32 Å². The van der Waals surface area contributed by atoms with Gasteiger partial charge in [0.25, 0.3) is 0 Å². The molecule has 1 atom stereocenters. The van der Waals surface area contributed by atoms with E-state index in [-0.39, 0.29) is 0 Å². The van der Waals surface area contributed by atoms with E-state index in [1.807, 2.05) is 6.20 Å². The van der Waals surface area contributed by atoms with Crippen LogP contribution < -0.4 is 5.32 Å². The summed E-state index contributed by atoms with van der Waals surface area (Å²) in [7, 11) is 0. The number of aromatic nitrogens is 1. The minimum absolute atomic E-state index is 0.508. The van der Waals surface area contributed by atoms with Crippen molar-refractivity contribution >= 4 is 5.82 Å². The van der Waals surface area contributed by atoms with Crippen molar-refractivity contribution in [3.8, 4) is 0 Å². The molecule has 1 aliphatic heterocycles. The maximum atomic E-state index is 4.52. The van der Waals surface area contributed by atoms with Gasteiger partial charge in [0, 0.05) is 25.3 Å². The highest BCUT2D eigenvalue weighted by molar-refractivity contribution is 5.36. The zero-order valence-electron chi connectivity index (χ0n) is 12.6. The standard InChI is InChI=1S/C18H23N3/c1-2-19-18-11-10-16(13-20-18)17-9-6-12-21(17)14-15-7-4-3-5-8-15/h3-5,7-8,10-11,13,17H,2,6,9,12,14H2,1H3,(H,19,20). The van der Waals surface area contributed by atoms with Gasteiger partial charge in [-0.2, -0.15) is 0 Å². The summed E-state index contributed by atoms with van der Waals surface area (Å²) in [4.78, 5) is 7.09. The summed E-state index contributed by atoms with van der Waals surface area (Å²) in [5, 5.41) is 3.25. The lowest BCUT2D eigenvalue weighted by atomic mass is 10.1. The summed E-state index contributed by atoms with van der Waals surface area (Å²) in [6.07, 6.45) is 4.54. The lowest BCUT2D eigenvalue weighted by Gasteiger charge is -2.24. The largest absolute Gasteiger partial charge is 0.370 e. The zero-order chi connectivity index (χ0) is 14.5. The van der Waals surface area contributed by atoms with E-state index in [0.29, 0.717) is 6.04 Å². The number of pyridine rings is 1. The first-order chi connectivity index (χ1) is 10.4. The SMILES string of the molecule is CCNc1ccc(C2CCCN2Cc2ccccc2)cn1. The van der Waals surface area contributed by atoms with Crippen LogP contribution >= 0.6 is 0 Å². The van der Waals surface area contributed by atoms with Crippen molar-refractivity contribution in [3.63, 3.8) is 0 Å². The normalized spacial score (nSPS) is 18.8. The van der Waals surface area contributed by atoms with E-state index in [4.69, 9.17) is 0 Å². The van der Waals surface area contributed by atoms with Crippen molar-refractivity contribution in [1.82, 2.24) is 9.88 Å². The van der Waals surface area contributed by atoms with Gasteiger partial charge in [-0.25, -0.2) is 4.98 Å². The maximum Gasteiger partial charge on any atom is 0.125 e. The van der Waals surface area contributed by atoms with Crippen LogP contribution in [0.4, 0.5) is 5.82 Å². The molecule has 1 saturated heterocycles. The Morgan fingerprint density at radius 2 is 2.05 bits per heavy atom. The molecule has 2 heterocycles. The van der Waals surface area contributed by atoms with E-state index in [2.05, 4.69) is 64.6 Å². The Labute approximate surface area is 127 Å². The van der Waals surface area contributed by atoms with Crippen molar-refractivity contribution in [2.75, 3.05) is 18.4 Å². The van der Waals surface area contributed by atoms with Crippen molar-refractivity contribution in [2.24, 2.45) is 0 Å². The average molecular weight is 281 g/mol. The Bertz CT molecular complexity index is 550. The summed E-state index contributed by atoms with van der Waals surface area (Å²) in [5.74, 6) is 0.967. The number of nitrogens with one attached hydrogen (secondary N) is 1. The lowest BCUT2D eigenvalue weighted by Crippen LogP contribution is -2.22. The predicted octanol–water partition coefficient (Wildman–Crippen LogP) is 3.85. The molecule has 3 nitrogen and oxygen atoms in total. The van der Waals surface area contributed by atoms with Crippen molar-refractivity contribution in [1.29, 1.82) is 0 Å².